The van der Waals surface area contributed by atoms with Crippen LogP contribution < -0.4 is 9.64 Å². The molecule has 104 valence electrons. The van der Waals surface area contributed by atoms with Gasteiger partial charge >= 0.3 is 5.97 Å². The molecule has 1 fully saturated rings. The Bertz CT molecular complexity index is 490. The largest absolute Gasteiger partial charge is 0.481 e. The summed E-state index contributed by atoms with van der Waals surface area (Å²) in [4.78, 5) is 21.8. The van der Waals surface area contributed by atoms with Crippen LogP contribution in [0.25, 0.3) is 0 Å². The lowest BCUT2D eigenvalue weighted by molar-refractivity contribution is -0.141. The topological polar surface area (TPSA) is 75.6 Å². The van der Waals surface area contributed by atoms with Gasteiger partial charge in [0, 0.05) is 13.1 Å². The summed E-state index contributed by atoms with van der Waals surface area (Å²) in [5.41, 5.74) is 0.860. The first-order valence-electron chi connectivity index (χ1n) is 6.40. The average molecular weight is 265 g/mol. The van der Waals surface area contributed by atoms with Crippen molar-refractivity contribution in [2.45, 2.75) is 26.7 Å². The highest BCUT2D eigenvalue weighted by molar-refractivity contribution is 5.71. The Morgan fingerprint density at radius 2 is 2.16 bits per heavy atom. The van der Waals surface area contributed by atoms with Gasteiger partial charge in [-0.3, -0.25) is 4.79 Å². The Morgan fingerprint density at radius 3 is 2.79 bits per heavy atom. The molecule has 2 heterocycles. The lowest BCUT2D eigenvalue weighted by atomic mass is 9.98. The zero-order chi connectivity index (χ0) is 14.0. The van der Waals surface area contributed by atoms with E-state index < -0.39 is 5.97 Å². The quantitative estimate of drug-likeness (QED) is 0.890. The number of ether oxygens (including phenoxy) is 1. The van der Waals surface area contributed by atoms with Crippen molar-refractivity contribution in [2.24, 2.45) is 5.92 Å². The molecular weight excluding hydrogens is 246 g/mol. The van der Waals surface area contributed by atoms with Crippen molar-refractivity contribution in [3.8, 4) is 5.88 Å². The summed E-state index contributed by atoms with van der Waals surface area (Å²) in [6.45, 7) is 5.03. The molecule has 6 heteroatoms. The predicted molar refractivity (Wildman–Crippen MR) is 70.6 cm³/mol. The minimum atomic E-state index is -0.736. The van der Waals surface area contributed by atoms with Crippen molar-refractivity contribution in [3.63, 3.8) is 0 Å². The number of anilines is 1. The third-order valence-corrected chi connectivity index (χ3v) is 3.45. The number of nitrogens with zero attached hydrogens (tertiary/aromatic N) is 3. The molecule has 1 N–H and O–H groups in total. The summed E-state index contributed by atoms with van der Waals surface area (Å²) in [6, 6.07) is 0. The monoisotopic (exact) mass is 265 g/mol. The number of carbonyl (C=O) groups is 1. The van der Waals surface area contributed by atoms with E-state index in [1.165, 1.54) is 0 Å². The number of aromatic nitrogens is 2. The Morgan fingerprint density at radius 1 is 1.42 bits per heavy atom. The van der Waals surface area contributed by atoms with Crippen LogP contribution in [-0.4, -0.2) is 41.2 Å². The number of aliphatic carboxylic acids is 1. The Hall–Kier alpha value is -1.85. The first kappa shape index (κ1) is 13.6. The first-order valence-corrected chi connectivity index (χ1v) is 6.40. The maximum atomic E-state index is 11.1. The predicted octanol–water partition coefficient (Wildman–Crippen LogP) is 1.40. The molecule has 6 nitrogen and oxygen atoms in total. The van der Waals surface area contributed by atoms with Gasteiger partial charge in [-0.25, -0.2) is 4.98 Å². The zero-order valence-corrected chi connectivity index (χ0v) is 11.5. The number of carboxylic acid groups (broad SMARTS) is 1. The molecule has 1 aliphatic heterocycles. The zero-order valence-electron chi connectivity index (χ0n) is 11.5. The number of aryl methyl sites for hydroxylation is 1. The van der Waals surface area contributed by atoms with Crippen LogP contribution in [-0.2, 0) is 4.79 Å². The lowest BCUT2D eigenvalue weighted by Gasteiger charge is -2.32. The fourth-order valence-corrected chi connectivity index (χ4v) is 2.47. The van der Waals surface area contributed by atoms with Crippen molar-refractivity contribution >= 4 is 11.8 Å². The molecule has 1 saturated heterocycles. The van der Waals surface area contributed by atoms with Crippen LogP contribution in [0.15, 0.2) is 0 Å². The number of hydrogen-bond acceptors (Lipinski definition) is 5. The summed E-state index contributed by atoms with van der Waals surface area (Å²) in [5, 5.41) is 9.14. The van der Waals surface area contributed by atoms with Gasteiger partial charge < -0.3 is 14.7 Å². The number of carboxylic acids is 1. The molecule has 1 atom stereocenters. The van der Waals surface area contributed by atoms with Crippen LogP contribution >= 0.6 is 0 Å². The highest BCUT2D eigenvalue weighted by Gasteiger charge is 2.27. The molecule has 0 aromatic carbocycles. The van der Waals surface area contributed by atoms with Crippen LogP contribution in [0.3, 0.4) is 0 Å². The average Bonchev–Trinajstić information content (AvgIpc) is 2.41. The summed E-state index contributed by atoms with van der Waals surface area (Å²) in [5.74, 6) is 0.916. The Kier molecular flexibility index (Phi) is 3.87. The summed E-state index contributed by atoms with van der Waals surface area (Å²) < 4.78 is 5.24. The molecule has 1 unspecified atom stereocenters. The van der Waals surface area contributed by atoms with Crippen molar-refractivity contribution in [2.75, 3.05) is 25.1 Å². The molecule has 1 aromatic heterocycles. The van der Waals surface area contributed by atoms with Gasteiger partial charge in [-0.05, 0) is 26.7 Å². The highest BCUT2D eigenvalue weighted by atomic mass is 16.5. The van der Waals surface area contributed by atoms with E-state index in [0.717, 1.165) is 30.8 Å². The normalized spacial score (nSPS) is 19.3. The van der Waals surface area contributed by atoms with Crippen molar-refractivity contribution in [3.05, 3.63) is 11.4 Å². The molecule has 0 bridgehead atoms. The number of hydrogen-bond donors (Lipinski definition) is 1. The summed E-state index contributed by atoms with van der Waals surface area (Å²) in [6.07, 6.45) is 1.59. The Labute approximate surface area is 112 Å². The van der Waals surface area contributed by atoms with E-state index in [-0.39, 0.29) is 5.92 Å². The molecule has 0 amide bonds. The van der Waals surface area contributed by atoms with Gasteiger partial charge in [0.2, 0.25) is 5.88 Å². The number of methoxy groups -OCH3 is 1. The molecule has 1 aromatic rings. The summed E-state index contributed by atoms with van der Waals surface area (Å²) >= 11 is 0. The van der Waals surface area contributed by atoms with E-state index in [2.05, 4.69) is 9.97 Å². The number of piperidine rings is 1. The number of rotatable bonds is 3. The van der Waals surface area contributed by atoms with Crippen LogP contribution in [0, 0.1) is 19.8 Å². The molecular formula is C13H19N3O3. The van der Waals surface area contributed by atoms with Gasteiger partial charge in [0.15, 0.2) is 0 Å². The van der Waals surface area contributed by atoms with Gasteiger partial charge in [-0.1, -0.05) is 0 Å². The maximum absolute atomic E-state index is 11.1. The Balaban J connectivity index is 2.30. The summed E-state index contributed by atoms with van der Waals surface area (Å²) in [7, 11) is 1.58. The van der Waals surface area contributed by atoms with Crippen molar-refractivity contribution in [1.82, 2.24) is 9.97 Å². The van der Waals surface area contributed by atoms with E-state index in [0.29, 0.717) is 18.2 Å². The highest BCUT2D eigenvalue weighted by Crippen LogP contribution is 2.28. The maximum Gasteiger partial charge on any atom is 0.308 e. The fraction of sp³-hybridized carbons (Fsp3) is 0.615. The fourth-order valence-electron chi connectivity index (χ4n) is 2.47. The molecule has 1 aliphatic rings. The van der Waals surface area contributed by atoms with E-state index >= 15 is 0 Å². The van der Waals surface area contributed by atoms with Crippen LogP contribution in [0.2, 0.25) is 0 Å². The standard InChI is InChI=1S/C13H19N3O3/c1-8-11(14-9(2)15-12(8)19-3)16-6-4-5-10(7-16)13(17)18/h10H,4-7H2,1-3H3,(H,17,18). The smallest absolute Gasteiger partial charge is 0.308 e. The molecule has 0 saturated carbocycles. The van der Waals surface area contributed by atoms with Gasteiger partial charge in [0.25, 0.3) is 0 Å². The third-order valence-electron chi connectivity index (χ3n) is 3.45. The second kappa shape index (κ2) is 5.42. The second-order valence-electron chi connectivity index (χ2n) is 4.85. The van der Waals surface area contributed by atoms with Crippen molar-refractivity contribution < 1.29 is 14.6 Å². The lowest BCUT2D eigenvalue weighted by Crippen LogP contribution is -2.39. The van der Waals surface area contributed by atoms with Crippen molar-refractivity contribution in [1.29, 1.82) is 0 Å². The molecule has 0 radical (unpaired) electrons. The molecule has 0 spiro atoms. The van der Waals surface area contributed by atoms with E-state index in [1.54, 1.807) is 7.11 Å². The van der Waals surface area contributed by atoms with Gasteiger partial charge in [0.05, 0.1) is 18.6 Å². The van der Waals surface area contributed by atoms with Crippen LogP contribution in [0.4, 0.5) is 5.82 Å². The van der Waals surface area contributed by atoms with E-state index in [4.69, 9.17) is 9.84 Å². The third kappa shape index (κ3) is 2.77. The minimum absolute atomic E-state index is 0.325. The second-order valence-corrected chi connectivity index (χ2v) is 4.85. The van der Waals surface area contributed by atoms with Crippen LogP contribution in [0.1, 0.15) is 24.2 Å². The first-order chi connectivity index (χ1) is 9.02. The molecule has 19 heavy (non-hydrogen) atoms. The van der Waals surface area contributed by atoms with E-state index in [1.807, 2.05) is 18.7 Å². The van der Waals surface area contributed by atoms with Gasteiger partial charge in [0.1, 0.15) is 11.6 Å². The van der Waals surface area contributed by atoms with E-state index in [9.17, 15) is 4.79 Å². The van der Waals surface area contributed by atoms with Crippen LogP contribution in [0.5, 0.6) is 5.88 Å². The van der Waals surface area contributed by atoms with Gasteiger partial charge in [-0.2, -0.15) is 4.98 Å². The minimum Gasteiger partial charge on any atom is -0.481 e. The van der Waals surface area contributed by atoms with Gasteiger partial charge in [-0.15, -0.1) is 0 Å². The molecule has 2 rings (SSSR count). The molecule has 0 aliphatic carbocycles. The SMILES string of the molecule is COc1nc(C)nc(N2CCCC(C(=O)O)C2)c1C.